The largest absolute Gasteiger partial charge is 0.409 e. The molecule has 84 valence electrons. The summed E-state index contributed by atoms with van der Waals surface area (Å²) in [5, 5.41) is 11.5. The molecule has 0 aromatic carbocycles. The van der Waals surface area contributed by atoms with Crippen molar-refractivity contribution in [3.8, 4) is 0 Å². The molecule has 0 aliphatic rings. The predicted octanol–water partition coefficient (Wildman–Crippen LogP) is 1.56. The van der Waals surface area contributed by atoms with Crippen LogP contribution in [0.15, 0.2) is 17.5 Å². The van der Waals surface area contributed by atoms with Gasteiger partial charge < -0.3 is 15.5 Å². The molecule has 0 amide bonds. The van der Waals surface area contributed by atoms with Gasteiger partial charge in [0.05, 0.1) is 0 Å². The average molecular weight is 210 g/mol. The fraction of sp³-hybridized carbons (Fsp3) is 0.600. The minimum atomic E-state index is 0.0653. The Labute approximate surface area is 89.6 Å². The molecule has 0 fully saturated rings. The van der Waals surface area contributed by atoms with Gasteiger partial charge in [0.15, 0.2) is 5.82 Å². The predicted molar refractivity (Wildman–Crippen MR) is 58.9 cm³/mol. The Hall–Kier alpha value is -1.52. The van der Waals surface area contributed by atoms with Crippen molar-refractivity contribution in [1.29, 1.82) is 0 Å². The van der Waals surface area contributed by atoms with Crippen molar-refractivity contribution < 1.29 is 5.21 Å². The van der Waals surface area contributed by atoms with Gasteiger partial charge in [0.1, 0.15) is 0 Å². The van der Waals surface area contributed by atoms with E-state index in [1.165, 1.54) is 19.3 Å². The molecule has 0 aliphatic heterocycles. The second-order valence-electron chi connectivity index (χ2n) is 3.49. The summed E-state index contributed by atoms with van der Waals surface area (Å²) in [5.74, 6) is 0.601. The summed E-state index contributed by atoms with van der Waals surface area (Å²) < 4.78 is 1.91. The number of amidine groups is 1. The minimum absolute atomic E-state index is 0.0653. The maximum atomic E-state index is 8.55. The third-order valence-electron chi connectivity index (χ3n) is 2.30. The van der Waals surface area contributed by atoms with Gasteiger partial charge in [0.2, 0.25) is 5.84 Å². The van der Waals surface area contributed by atoms with Crippen LogP contribution in [0, 0.1) is 0 Å². The average Bonchev–Trinajstić information content (AvgIpc) is 2.71. The maximum Gasteiger partial charge on any atom is 0.206 e. The van der Waals surface area contributed by atoms with E-state index in [4.69, 9.17) is 10.9 Å². The highest BCUT2D eigenvalue weighted by molar-refractivity contribution is 5.93. The number of hydrogen-bond donors (Lipinski definition) is 2. The van der Waals surface area contributed by atoms with Crippen LogP contribution in [0.5, 0.6) is 0 Å². The van der Waals surface area contributed by atoms with Gasteiger partial charge >= 0.3 is 0 Å². The first-order chi connectivity index (χ1) is 7.29. The number of aryl methyl sites for hydroxylation is 1. The molecule has 3 N–H and O–H groups in total. The lowest BCUT2D eigenvalue weighted by atomic mass is 10.2. The number of imidazole rings is 1. The number of nitrogens with zero attached hydrogens (tertiary/aromatic N) is 3. The van der Waals surface area contributed by atoms with Gasteiger partial charge in [-0.1, -0.05) is 31.3 Å². The summed E-state index contributed by atoms with van der Waals surface area (Å²) in [6.07, 6.45) is 8.26. The molecule has 1 aromatic heterocycles. The van der Waals surface area contributed by atoms with E-state index in [0.717, 1.165) is 13.0 Å². The molecular formula is C10H18N4O. The molecule has 0 spiro atoms. The zero-order chi connectivity index (χ0) is 11.1. The second kappa shape index (κ2) is 6.06. The lowest BCUT2D eigenvalue weighted by molar-refractivity contribution is 0.318. The number of oxime groups is 1. The van der Waals surface area contributed by atoms with E-state index in [9.17, 15) is 0 Å². The standard InChI is InChI=1S/C10H18N4O/c1-2-3-4-5-7-14-8-6-12-10(14)9(11)13-15/h6,8,15H,2-5,7H2,1H3,(H2,11,13). The van der Waals surface area contributed by atoms with Crippen LogP contribution in [0.25, 0.3) is 0 Å². The van der Waals surface area contributed by atoms with E-state index in [1.54, 1.807) is 6.20 Å². The van der Waals surface area contributed by atoms with Crippen LogP contribution >= 0.6 is 0 Å². The Morgan fingerprint density at radius 2 is 2.33 bits per heavy atom. The zero-order valence-corrected chi connectivity index (χ0v) is 9.06. The molecule has 0 saturated heterocycles. The van der Waals surface area contributed by atoms with Crippen LogP contribution in [0.3, 0.4) is 0 Å². The fourth-order valence-corrected chi connectivity index (χ4v) is 1.48. The molecule has 0 atom stereocenters. The summed E-state index contributed by atoms with van der Waals surface area (Å²) in [7, 11) is 0. The Kier molecular flexibility index (Phi) is 4.66. The van der Waals surface area contributed by atoms with Gasteiger partial charge in [-0.05, 0) is 6.42 Å². The highest BCUT2D eigenvalue weighted by Gasteiger charge is 2.06. The minimum Gasteiger partial charge on any atom is -0.409 e. The molecule has 0 aliphatic carbocycles. The van der Waals surface area contributed by atoms with E-state index >= 15 is 0 Å². The van der Waals surface area contributed by atoms with Crippen LogP contribution in [0.1, 0.15) is 38.4 Å². The van der Waals surface area contributed by atoms with Crippen LogP contribution in [-0.4, -0.2) is 20.6 Å². The Morgan fingerprint density at radius 3 is 3.00 bits per heavy atom. The first kappa shape index (κ1) is 11.6. The van der Waals surface area contributed by atoms with Crippen molar-refractivity contribution in [3.05, 3.63) is 18.2 Å². The number of nitrogens with two attached hydrogens (primary N) is 1. The molecule has 0 bridgehead atoms. The first-order valence-corrected chi connectivity index (χ1v) is 5.28. The molecule has 1 heterocycles. The van der Waals surface area contributed by atoms with Crippen molar-refractivity contribution in [2.75, 3.05) is 0 Å². The molecule has 1 aromatic rings. The Balaban J connectivity index is 2.50. The summed E-state index contributed by atoms with van der Waals surface area (Å²) in [4.78, 5) is 4.03. The summed E-state index contributed by atoms with van der Waals surface area (Å²) in [5.41, 5.74) is 5.49. The monoisotopic (exact) mass is 210 g/mol. The molecular weight excluding hydrogens is 192 g/mol. The van der Waals surface area contributed by atoms with Gasteiger partial charge in [-0.3, -0.25) is 0 Å². The normalized spacial score (nSPS) is 11.9. The SMILES string of the molecule is CCCCCCn1ccnc1C(N)=NO. The van der Waals surface area contributed by atoms with Crippen LogP contribution in [-0.2, 0) is 6.54 Å². The van der Waals surface area contributed by atoms with Crippen molar-refractivity contribution in [2.45, 2.75) is 39.2 Å². The lowest BCUT2D eigenvalue weighted by Crippen LogP contribution is -2.19. The third kappa shape index (κ3) is 3.27. The highest BCUT2D eigenvalue weighted by Crippen LogP contribution is 2.04. The van der Waals surface area contributed by atoms with Gasteiger partial charge in [-0.25, -0.2) is 4.98 Å². The quantitative estimate of drug-likeness (QED) is 0.246. The van der Waals surface area contributed by atoms with Crippen LogP contribution in [0.4, 0.5) is 0 Å². The van der Waals surface area contributed by atoms with Crippen molar-refractivity contribution in [1.82, 2.24) is 9.55 Å². The molecule has 0 saturated carbocycles. The Morgan fingerprint density at radius 1 is 1.53 bits per heavy atom. The topological polar surface area (TPSA) is 76.4 Å². The molecule has 15 heavy (non-hydrogen) atoms. The molecule has 0 unspecified atom stereocenters. The van der Waals surface area contributed by atoms with Gasteiger partial charge in [0, 0.05) is 18.9 Å². The van der Waals surface area contributed by atoms with Crippen molar-refractivity contribution in [2.24, 2.45) is 10.9 Å². The van der Waals surface area contributed by atoms with Crippen LogP contribution < -0.4 is 5.73 Å². The molecule has 0 radical (unpaired) electrons. The van der Waals surface area contributed by atoms with E-state index in [0.29, 0.717) is 5.82 Å². The molecule has 5 heteroatoms. The molecule has 1 rings (SSSR count). The van der Waals surface area contributed by atoms with Gasteiger partial charge in [-0.2, -0.15) is 0 Å². The number of unbranched alkanes of at least 4 members (excludes halogenated alkanes) is 3. The van der Waals surface area contributed by atoms with Crippen molar-refractivity contribution in [3.63, 3.8) is 0 Å². The van der Waals surface area contributed by atoms with E-state index in [1.807, 2.05) is 10.8 Å². The Bertz CT molecular complexity index is 319. The third-order valence-corrected chi connectivity index (χ3v) is 2.30. The number of aromatic nitrogens is 2. The van der Waals surface area contributed by atoms with Gasteiger partial charge in [-0.15, -0.1) is 0 Å². The van der Waals surface area contributed by atoms with Crippen LogP contribution in [0.2, 0.25) is 0 Å². The summed E-state index contributed by atoms with van der Waals surface area (Å²) in [6.45, 7) is 3.05. The zero-order valence-electron chi connectivity index (χ0n) is 9.06. The van der Waals surface area contributed by atoms with Crippen molar-refractivity contribution >= 4 is 5.84 Å². The van der Waals surface area contributed by atoms with E-state index in [-0.39, 0.29) is 5.84 Å². The first-order valence-electron chi connectivity index (χ1n) is 5.28. The van der Waals surface area contributed by atoms with E-state index < -0.39 is 0 Å². The number of hydrogen-bond acceptors (Lipinski definition) is 3. The number of rotatable bonds is 6. The van der Waals surface area contributed by atoms with Gasteiger partial charge in [0.25, 0.3) is 0 Å². The van der Waals surface area contributed by atoms with E-state index in [2.05, 4.69) is 17.1 Å². The second-order valence-corrected chi connectivity index (χ2v) is 3.49. The lowest BCUT2D eigenvalue weighted by Gasteiger charge is -2.05. The summed E-state index contributed by atoms with van der Waals surface area (Å²) >= 11 is 0. The highest BCUT2D eigenvalue weighted by atomic mass is 16.4. The maximum absolute atomic E-state index is 8.55. The molecule has 5 nitrogen and oxygen atoms in total. The smallest absolute Gasteiger partial charge is 0.206 e. The fourth-order valence-electron chi connectivity index (χ4n) is 1.48. The summed E-state index contributed by atoms with van der Waals surface area (Å²) in [6, 6.07) is 0.